The van der Waals surface area contributed by atoms with Crippen LogP contribution in [0.4, 0.5) is 0 Å². The molecule has 3 rings (SSSR count). The number of hydrogen-bond donors (Lipinski definition) is 0. The van der Waals surface area contributed by atoms with Crippen LogP contribution in [0.15, 0.2) is 59.8 Å². The lowest BCUT2D eigenvalue weighted by atomic mass is 10.0. The van der Waals surface area contributed by atoms with Crippen LogP contribution in [0.5, 0.6) is 0 Å². The van der Waals surface area contributed by atoms with Crippen molar-refractivity contribution in [1.29, 1.82) is 0 Å². The molecule has 116 valence electrons. The first-order valence-electron chi connectivity index (χ1n) is 7.24. The Morgan fingerprint density at radius 3 is 2.55 bits per heavy atom. The van der Waals surface area contributed by atoms with Gasteiger partial charge >= 0.3 is 0 Å². The van der Waals surface area contributed by atoms with E-state index in [0.29, 0.717) is 19.6 Å². The van der Waals surface area contributed by atoms with E-state index in [4.69, 9.17) is 0 Å². The van der Waals surface area contributed by atoms with Crippen molar-refractivity contribution in [3.8, 4) is 0 Å². The Hall–Kier alpha value is -1.76. The Labute approximate surface area is 131 Å². The summed E-state index contributed by atoms with van der Waals surface area (Å²) in [5, 5.41) is 0. The first-order chi connectivity index (χ1) is 10.6. The molecular weight excluding hydrogens is 298 g/mol. The van der Waals surface area contributed by atoms with Crippen molar-refractivity contribution in [3.63, 3.8) is 0 Å². The number of piperazine rings is 1. The van der Waals surface area contributed by atoms with Crippen LogP contribution in [0, 0.1) is 0 Å². The minimum absolute atomic E-state index is 0.0707. The number of benzene rings is 1. The van der Waals surface area contributed by atoms with Gasteiger partial charge in [-0.1, -0.05) is 30.3 Å². The molecule has 6 heteroatoms. The molecule has 0 bridgehead atoms. The molecule has 2 aromatic rings. The maximum absolute atomic E-state index is 12.7. The molecular formula is C16H19N3O2S. The van der Waals surface area contributed by atoms with Crippen LogP contribution in [0.25, 0.3) is 0 Å². The van der Waals surface area contributed by atoms with Gasteiger partial charge in [0.15, 0.2) is 0 Å². The fourth-order valence-electron chi connectivity index (χ4n) is 2.75. The van der Waals surface area contributed by atoms with E-state index in [1.165, 1.54) is 6.20 Å². The van der Waals surface area contributed by atoms with Crippen LogP contribution in [-0.2, 0) is 10.0 Å². The highest BCUT2D eigenvalue weighted by Crippen LogP contribution is 2.27. The van der Waals surface area contributed by atoms with Crippen LogP contribution >= 0.6 is 0 Å². The van der Waals surface area contributed by atoms with Gasteiger partial charge in [0.1, 0.15) is 4.90 Å². The van der Waals surface area contributed by atoms with Crippen molar-refractivity contribution in [2.75, 3.05) is 26.7 Å². The van der Waals surface area contributed by atoms with Crippen LogP contribution in [0.1, 0.15) is 11.6 Å². The topological polar surface area (TPSA) is 53.5 Å². The summed E-state index contributed by atoms with van der Waals surface area (Å²) in [5.41, 5.74) is 1.14. The molecule has 0 saturated carbocycles. The molecule has 22 heavy (non-hydrogen) atoms. The summed E-state index contributed by atoms with van der Waals surface area (Å²) in [6.07, 6.45) is 2.99. The van der Waals surface area contributed by atoms with Crippen molar-refractivity contribution in [2.24, 2.45) is 0 Å². The summed E-state index contributed by atoms with van der Waals surface area (Å²) in [4.78, 5) is 6.38. The van der Waals surface area contributed by atoms with Gasteiger partial charge in [-0.3, -0.25) is 9.88 Å². The van der Waals surface area contributed by atoms with Crippen molar-refractivity contribution in [1.82, 2.24) is 14.2 Å². The standard InChI is InChI=1S/C16H19N3O2S/c1-18-10-11-19(13-16(18)14-6-3-2-4-7-14)22(20,21)15-8-5-9-17-12-15/h2-9,12,16H,10-11,13H2,1H3/t16-/m0/s1. The van der Waals surface area contributed by atoms with Gasteiger partial charge in [-0.15, -0.1) is 0 Å². The normalized spacial score (nSPS) is 20.9. The second-order valence-corrected chi connectivity index (χ2v) is 7.40. The van der Waals surface area contributed by atoms with Gasteiger partial charge in [0.2, 0.25) is 10.0 Å². The minimum Gasteiger partial charge on any atom is -0.297 e. The highest BCUT2D eigenvalue weighted by molar-refractivity contribution is 7.89. The molecule has 5 nitrogen and oxygen atoms in total. The minimum atomic E-state index is -3.48. The number of pyridine rings is 1. The van der Waals surface area contributed by atoms with Gasteiger partial charge in [0, 0.05) is 38.1 Å². The molecule has 1 atom stereocenters. The van der Waals surface area contributed by atoms with E-state index >= 15 is 0 Å². The summed E-state index contributed by atoms with van der Waals surface area (Å²) in [6, 6.07) is 13.3. The summed E-state index contributed by atoms with van der Waals surface area (Å²) in [6.45, 7) is 1.66. The fourth-order valence-corrected chi connectivity index (χ4v) is 4.15. The van der Waals surface area contributed by atoms with Crippen molar-refractivity contribution < 1.29 is 8.42 Å². The quantitative estimate of drug-likeness (QED) is 0.865. The maximum atomic E-state index is 12.7. The average molecular weight is 317 g/mol. The number of nitrogens with zero attached hydrogens (tertiary/aromatic N) is 3. The largest absolute Gasteiger partial charge is 0.297 e. The summed E-state index contributed by atoms with van der Waals surface area (Å²) in [7, 11) is -1.45. The van der Waals surface area contributed by atoms with E-state index in [0.717, 1.165) is 5.56 Å². The molecule has 0 radical (unpaired) electrons. The van der Waals surface area contributed by atoms with Crippen molar-refractivity contribution in [3.05, 3.63) is 60.4 Å². The highest BCUT2D eigenvalue weighted by Gasteiger charge is 2.33. The lowest BCUT2D eigenvalue weighted by Crippen LogP contribution is -2.48. The Morgan fingerprint density at radius 2 is 1.86 bits per heavy atom. The molecule has 2 heterocycles. The lowest BCUT2D eigenvalue weighted by Gasteiger charge is -2.38. The van der Waals surface area contributed by atoms with Crippen LogP contribution < -0.4 is 0 Å². The van der Waals surface area contributed by atoms with E-state index in [9.17, 15) is 8.42 Å². The third kappa shape index (κ3) is 2.90. The highest BCUT2D eigenvalue weighted by atomic mass is 32.2. The SMILES string of the molecule is CN1CCN(S(=O)(=O)c2cccnc2)C[C@H]1c1ccccc1. The molecule has 1 aliphatic rings. The second kappa shape index (κ2) is 6.16. The predicted molar refractivity (Wildman–Crippen MR) is 84.8 cm³/mol. The van der Waals surface area contributed by atoms with E-state index in [1.54, 1.807) is 22.6 Å². The zero-order valence-corrected chi connectivity index (χ0v) is 13.3. The molecule has 0 spiro atoms. The molecule has 1 aliphatic heterocycles. The van der Waals surface area contributed by atoms with Crippen LogP contribution in [0.3, 0.4) is 0 Å². The second-order valence-electron chi connectivity index (χ2n) is 5.46. The molecule has 0 aliphatic carbocycles. The monoisotopic (exact) mass is 317 g/mol. The molecule has 0 unspecified atom stereocenters. The smallest absolute Gasteiger partial charge is 0.244 e. The van der Waals surface area contributed by atoms with Gasteiger partial charge in [0.05, 0.1) is 0 Å². The molecule has 0 N–H and O–H groups in total. The number of aromatic nitrogens is 1. The predicted octanol–water partition coefficient (Wildman–Crippen LogP) is 1.76. The van der Waals surface area contributed by atoms with Crippen LogP contribution in [0.2, 0.25) is 0 Å². The molecule has 1 aromatic carbocycles. The zero-order chi connectivity index (χ0) is 15.6. The third-order valence-electron chi connectivity index (χ3n) is 4.07. The van der Waals surface area contributed by atoms with Gasteiger partial charge in [-0.25, -0.2) is 8.42 Å². The first-order valence-corrected chi connectivity index (χ1v) is 8.68. The Balaban J connectivity index is 1.87. The van der Waals surface area contributed by atoms with Crippen LogP contribution in [-0.4, -0.2) is 49.3 Å². The number of likely N-dealkylation sites (N-methyl/N-ethyl adjacent to an activating group) is 1. The Bertz CT molecular complexity index is 720. The summed E-state index contributed by atoms with van der Waals surface area (Å²) < 4.78 is 27.0. The first kappa shape index (κ1) is 15.1. The third-order valence-corrected chi connectivity index (χ3v) is 5.92. The maximum Gasteiger partial charge on any atom is 0.244 e. The van der Waals surface area contributed by atoms with Gasteiger partial charge in [-0.05, 0) is 24.7 Å². The van der Waals surface area contributed by atoms with Gasteiger partial charge < -0.3 is 0 Å². The Kier molecular flexibility index (Phi) is 4.24. The lowest BCUT2D eigenvalue weighted by molar-refractivity contribution is 0.148. The van der Waals surface area contributed by atoms with Gasteiger partial charge in [-0.2, -0.15) is 4.31 Å². The molecule has 1 fully saturated rings. The van der Waals surface area contributed by atoms with Crippen molar-refractivity contribution >= 4 is 10.0 Å². The van der Waals surface area contributed by atoms with Crippen molar-refractivity contribution in [2.45, 2.75) is 10.9 Å². The molecule has 0 amide bonds. The fraction of sp³-hybridized carbons (Fsp3) is 0.312. The van der Waals surface area contributed by atoms with E-state index < -0.39 is 10.0 Å². The zero-order valence-electron chi connectivity index (χ0n) is 12.5. The van der Waals surface area contributed by atoms with E-state index in [2.05, 4.69) is 9.88 Å². The van der Waals surface area contributed by atoms with E-state index in [-0.39, 0.29) is 10.9 Å². The molecule has 1 aromatic heterocycles. The van der Waals surface area contributed by atoms with Gasteiger partial charge in [0.25, 0.3) is 0 Å². The summed E-state index contributed by atoms with van der Waals surface area (Å²) in [5.74, 6) is 0. The Morgan fingerprint density at radius 1 is 1.09 bits per heavy atom. The number of rotatable bonds is 3. The average Bonchev–Trinajstić information content (AvgIpc) is 2.57. The number of hydrogen-bond acceptors (Lipinski definition) is 4. The van der Waals surface area contributed by atoms with E-state index in [1.807, 2.05) is 37.4 Å². The number of sulfonamides is 1. The summed E-state index contributed by atoms with van der Waals surface area (Å²) >= 11 is 0. The molecule has 1 saturated heterocycles.